The van der Waals surface area contributed by atoms with Gasteiger partial charge in [-0.15, -0.1) is 5.10 Å². The summed E-state index contributed by atoms with van der Waals surface area (Å²) in [7, 11) is 1.79. The zero-order valence-corrected chi connectivity index (χ0v) is 9.69. The second kappa shape index (κ2) is 6.70. The van der Waals surface area contributed by atoms with Crippen molar-refractivity contribution in [2.24, 2.45) is 10.2 Å². The molecule has 0 aliphatic rings. The molecule has 15 heavy (non-hydrogen) atoms. The third-order valence-electron chi connectivity index (χ3n) is 1.45. The van der Waals surface area contributed by atoms with Crippen LogP contribution in [0.3, 0.4) is 0 Å². The van der Waals surface area contributed by atoms with Crippen LogP contribution in [-0.4, -0.2) is 29.8 Å². The lowest BCUT2D eigenvalue weighted by Gasteiger charge is -2.11. The average molecular weight is 207 g/mol. The largest absolute Gasteiger partial charge is 0.335 e. The van der Waals surface area contributed by atoms with Crippen molar-refractivity contribution < 1.29 is 4.79 Å². The molecule has 0 spiro atoms. The van der Waals surface area contributed by atoms with Crippen LogP contribution in [0, 0.1) is 0 Å². The molecule has 0 saturated heterocycles. The maximum absolute atomic E-state index is 10.7. The summed E-state index contributed by atoms with van der Waals surface area (Å²) in [6.07, 6.45) is 4.64. The van der Waals surface area contributed by atoms with Gasteiger partial charge in [0.15, 0.2) is 5.78 Å². The molecule has 0 saturated carbocycles. The minimum Gasteiger partial charge on any atom is -0.335 e. The lowest BCUT2D eigenvalue weighted by atomic mass is 10.3. The third-order valence-corrected chi connectivity index (χ3v) is 1.45. The number of carbonyl (C=O) groups is 1. The Bertz CT molecular complexity index is 323. The molecule has 4 nitrogen and oxygen atoms in total. The van der Waals surface area contributed by atoms with Gasteiger partial charge in [0.05, 0.1) is 0 Å². The van der Waals surface area contributed by atoms with Crippen molar-refractivity contribution in [2.75, 3.05) is 7.05 Å². The molecule has 0 bridgehead atoms. The number of likely N-dealkylation sites (N-methyl/N-ethyl adjacent to an activating group) is 1. The summed E-state index contributed by atoms with van der Waals surface area (Å²) in [5.74, 6) is -0.0103. The van der Waals surface area contributed by atoms with Crippen molar-refractivity contribution in [3.8, 4) is 0 Å². The Kier molecular flexibility index (Phi) is 5.94. The van der Waals surface area contributed by atoms with Gasteiger partial charge in [0.1, 0.15) is 6.34 Å². The normalized spacial score (nSPS) is 10.7. The first-order chi connectivity index (χ1) is 6.93. The van der Waals surface area contributed by atoms with E-state index in [1.54, 1.807) is 24.4 Å². The van der Waals surface area contributed by atoms with Crippen molar-refractivity contribution in [3.05, 3.63) is 24.4 Å². The second-order valence-corrected chi connectivity index (χ2v) is 3.32. The first kappa shape index (κ1) is 13.3. The standard InChI is InChI=1S/C11H17N3O/c1-9(2)13-12-8-14(5)10(3)6-7-11(4)15/h6-8H,3H2,1-2,4-5H3/b7-6-,12-8?. The van der Waals surface area contributed by atoms with Crippen molar-refractivity contribution in [2.45, 2.75) is 20.8 Å². The average Bonchev–Trinajstić information content (AvgIpc) is 2.13. The van der Waals surface area contributed by atoms with Gasteiger partial charge in [-0.3, -0.25) is 4.79 Å². The van der Waals surface area contributed by atoms with Crippen LogP contribution in [0.2, 0.25) is 0 Å². The highest BCUT2D eigenvalue weighted by molar-refractivity contribution is 5.87. The van der Waals surface area contributed by atoms with E-state index in [0.29, 0.717) is 5.70 Å². The fraction of sp³-hybridized carbons (Fsp3) is 0.364. The van der Waals surface area contributed by atoms with Gasteiger partial charge < -0.3 is 4.90 Å². The number of hydrogen-bond acceptors (Lipinski definition) is 3. The maximum Gasteiger partial charge on any atom is 0.152 e. The predicted molar refractivity (Wildman–Crippen MR) is 64.0 cm³/mol. The van der Waals surface area contributed by atoms with Gasteiger partial charge in [0.2, 0.25) is 0 Å². The van der Waals surface area contributed by atoms with Gasteiger partial charge >= 0.3 is 0 Å². The Balaban J connectivity index is 4.28. The molecule has 0 unspecified atom stereocenters. The number of rotatable bonds is 5. The molecule has 0 amide bonds. The molecule has 0 aliphatic heterocycles. The van der Waals surface area contributed by atoms with E-state index in [2.05, 4.69) is 16.8 Å². The molecular weight excluding hydrogens is 190 g/mol. The molecule has 0 fully saturated rings. The summed E-state index contributed by atoms with van der Waals surface area (Å²) < 4.78 is 0. The molecular formula is C11H17N3O. The van der Waals surface area contributed by atoms with Gasteiger partial charge in [0, 0.05) is 18.5 Å². The van der Waals surface area contributed by atoms with E-state index in [4.69, 9.17) is 0 Å². The summed E-state index contributed by atoms with van der Waals surface area (Å²) in [5, 5.41) is 7.68. The number of ketones is 1. The number of carbonyl (C=O) groups excluding carboxylic acids is 1. The highest BCUT2D eigenvalue weighted by Crippen LogP contribution is 1.97. The molecule has 0 atom stereocenters. The highest BCUT2D eigenvalue weighted by Gasteiger charge is 1.93. The zero-order valence-electron chi connectivity index (χ0n) is 9.69. The molecule has 4 heteroatoms. The van der Waals surface area contributed by atoms with E-state index in [1.165, 1.54) is 13.0 Å². The molecule has 0 N–H and O–H groups in total. The summed E-state index contributed by atoms with van der Waals surface area (Å²) in [5.41, 5.74) is 1.56. The van der Waals surface area contributed by atoms with Crippen LogP contribution in [0.15, 0.2) is 34.6 Å². The molecule has 0 rings (SSSR count). The maximum atomic E-state index is 10.7. The monoisotopic (exact) mass is 207 g/mol. The van der Waals surface area contributed by atoms with Gasteiger partial charge in [0.25, 0.3) is 0 Å². The van der Waals surface area contributed by atoms with Crippen LogP contribution in [0.5, 0.6) is 0 Å². The molecule has 0 aromatic rings. The second-order valence-electron chi connectivity index (χ2n) is 3.32. The first-order valence-corrected chi connectivity index (χ1v) is 4.58. The summed E-state index contributed by atoms with van der Waals surface area (Å²) >= 11 is 0. The summed E-state index contributed by atoms with van der Waals surface area (Å²) in [6, 6.07) is 0. The SMILES string of the molecule is C=C(/C=C\C(C)=O)N(C)C=NN=C(C)C. The molecule has 0 heterocycles. The van der Waals surface area contributed by atoms with Gasteiger partial charge in [-0.05, 0) is 32.9 Å². The molecule has 82 valence electrons. The van der Waals surface area contributed by atoms with Gasteiger partial charge in [-0.1, -0.05) is 6.58 Å². The van der Waals surface area contributed by atoms with Crippen LogP contribution in [-0.2, 0) is 4.79 Å². The Hall–Kier alpha value is -1.71. The van der Waals surface area contributed by atoms with Crippen molar-refractivity contribution in [1.29, 1.82) is 0 Å². The Morgan fingerprint density at radius 1 is 1.27 bits per heavy atom. The van der Waals surface area contributed by atoms with E-state index in [-0.39, 0.29) is 5.78 Å². The van der Waals surface area contributed by atoms with E-state index >= 15 is 0 Å². The summed E-state index contributed by atoms with van der Waals surface area (Å²) in [6.45, 7) is 8.99. The number of nitrogens with zero attached hydrogens (tertiary/aromatic N) is 3. The number of allylic oxidation sites excluding steroid dienone is 2. The van der Waals surface area contributed by atoms with E-state index in [1.807, 2.05) is 13.8 Å². The molecule has 0 aromatic heterocycles. The quantitative estimate of drug-likeness (QED) is 0.227. The van der Waals surface area contributed by atoms with Crippen molar-refractivity contribution in [1.82, 2.24) is 4.90 Å². The highest BCUT2D eigenvalue weighted by atomic mass is 16.1. The van der Waals surface area contributed by atoms with Crippen LogP contribution in [0.1, 0.15) is 20.8 Å². The van der Waals surface area contributed by atoms with Crippen molar-refractivity contribution in [3.63, 3.8) is 0 Å². The minimum atomic E-state index is -0.0103. The van der Waals surface area contributed by atoms with E-state index < -0.39 is 0 Å². The fourth-order valence-electron chi connectivity index (χ4n) is 0.624. The Morgan fingerprint density at radius 2 is 1.87 bits per heavy atom. The predicted octanol–water partition coefficient (Wildman–Crippen LogP) is 2.00. The Labute approximate surface area is 90.7 Å². The molecule has 0 aliphatic carbocycles. The van der Waals surface area contributed by atoms with Gasteiger partial charge in [-0.25, -0.2) is 0 Å². The third kappa shape index (κ3) is 7.37. The molecule has 0 aromatic carbocycles. The van der Waals surface area contributed by atoms with Gasteiger partial charge in [-0.2, -0.15) is 5.10 Å². The Morgan fingerprint density at radius 3 is 2.33 bits per heavy atom. The van der Waals surface area contributed by atoms with Crippen LogP contribution < -0.4 is 0 Å². The summed E-state index contributed by atoms with van der Waals surface area (Å²) in [4.78, 5) is 12.4. The fourth-order valence-corrected chi connectivity index (χ4v) is 0.624. The van der Waals surface area contributed by atoms with Crippen LogP contribution in [0.25, 0.3) is 0 Å². The lowest BCUT2D eigenvalue weighted by Crippen LogP contribution is -2.13. The van der Waals surface area contributed by atoms with Crippen LogP contribution in [0.4, 0.5) is 0 Å². The van der Waals surface area contributed by atoms with Crippen molar-refractivity contribution >= 4 is 17.8 Å². The lowest BCUT2D eigenvalue weighted by molar-refractivity contribution is -0.112. The van der Waals surface area contributed by atoms with E-state index in [0.717, 1.165) is 5.71 Å². The smallest absolute Gasteiger partial charge is 0.152 e. The molecule has 0 radical (unpaired) electrons. The van der Waals surface area contributed by atoms with Crippen LogP contribution >= 0.6 is 0 Å². The minimum absolute atomic E-state index is 0.0103. The number of hydrogen-bond donors (Lipinski definition) is 0. The van der Waals surface area contributed by atoms with E-state index in [9.17, 15) is 4.79 Å². The first-order valence-electron chi connectivity index (χ1n) is 4.58. The zero-order chi connectivity index (χ0) is 11.8. The topological polar surface area (TPSA) is 45.0 Å².